The average Bonchev–Trinajstić information content (AvgIpc) is 2.39. The number of nitriles is 1. The minimum absolute atomic E-state index is 0.212. The fourth-order valence-corrected chi connectivity index (χ4v) is 2.59. The number of benzene rings is 1. The molecule has 1 aliphatic heterocycles. The molecule has 0 aliphatic carbocycles. The number of rotatable bonds is 2. The van der Waals surface area contributed by atoms with Gasteiger partial charge in [0.2, 0.25) is 0 Å². The van der Waals surface area contributed by atoms with E-state index in [2.05, 4.69) is 17.9 Å². The Labute approximate surface area is 113 Å². The zero-order chi connectivity index (χ0) is 13.1. The first-order valence-corrected chi connectivity index (χ1v) is 6.51. The normalized spacial score (nSPS) is 23.8. The number of hydrogen-bond acceptors (Lipinski definition) is 3. The first-order valence-electron chi connectivity index (χ1n) is 6.13. The van der Waals surface area contributed by atoms with Gasteiger partial charge in [0.25, 0.3) is 0 Å². The molecule has 1 aromatic rings. The van der Waals surface area contributed by atoms with Crippen molar-refractivity contribution in [1.82, 2.24) is 0 Å². The number of halogens is 1. The highest BCUT2D eigenvalue weighted by atomic mass is 35.5. The van der Waals surface area contributed by atoms with E-state index in [9.17, 15) is 0 Å². The number of ether oxygens (including phenoxy) is 1. The zero-order valence-electron chi connectivity index (χ0n) is 10.7. The summed E-state index contributed by atoms with van der Waals surface area (Å²) in [6.07, 6.45) is 1.28. The van der Waals surface area contributed by atoms with Crippen molar-refractivity contribution < 1.29 is 4.74 Å². The van der Waals surface area contributed by atoms with E-state index in [1.165, 1.54) is 0 Å². The molecule has 2 unspecified atom stereocenters. The van der Waals surface area contributed by atoms with Gasteiger partial charge in [0.05, 0.1) is 17.4 Å². The highest BCUT2D eigenvalue weighted by Gasteiger charge is 2.27. The minimum atomic E-state index is 0.212. The second kappa shape index (κ2) is 5.60. The van der Waals surface area contributed by atoms with Crippen LogP contribution in [-0.2, 0) is 4.74 Å². The molecule has 0 bridgehead atoms. The van der Waals surface area contributed by atoms with Gasteiger partial charge in [-0.15, -0.1) is 0 Å². The highest BCUT2D eigenvalue weighted by molar-refractivity contribution is 6.30. The number of hydrogen-bond donors (Lipinski definition) is 0. The van der Waals surface area contributed by atoms with Gasteiger partial charge >= 0.3 is 0 Å². The lowest BCUT2D eigenvalue weighted by molar-refractivity contribution is 0.0498. The fourth-order valence-electron chi connectivity index (χ4n) is 2.42. The van der Waals surface area contributed by atoms with Crippen molar-refractivity contribution in [3.05, 3.63) is 28.8 Å². The second-order valence-electron chi connectivity index (χ2n) is 4.76. The quantitative estimate of drug-likeness (QED) is 0.824. The molecule has 4 heteroatoms. The highest BCUT2D eigenvalue weighted by Crippen LogP contribution is 2.29. The summed E-state index contributed by atoms with van der Waals surface area (Å²) in [4.78, 5) is 2.19. The van der Waals surface area contributed by atoms with Crippen molar-refractivity contribution in [2.45, 2.75) is 19.4 Å². The maximum absolute atomic E-state index is 9.16. The van der Waals surface area contributed by atoms with Crippen LogP contribution in [-0.4, -0.2) is 26.3 Å². The molecular formula is C14H17ClN2O. The zero-order valence-corrected chi connectivity index (χ0v) is 11.4. The Balaban J connectivity index is 2.27. The standard InChI is InChI=1S/C14H17ClN2O/c1-10-5-6-17(9-14(10)18-2)13-7-12(15)4-3-11(13)8-16/h3-4,7,10,14H,5-6,9H2,1-2H3. The molecular weight excluding hydrogens is 248 g/mol. The Hall–Kier alpha value is -1.24. The summed E-state index contributed by atoms with van der Waals surface area (Å²) in [5.74, 6) is 0.552. The molecule has 96 valence electrons. The van der Waals surface area contributed by atoms with Crippen molar-refractivity contribution in [3.8, 4) is 6.07 Å². The van der Waals surface area contributed by atoms with E-state index < -0.39 is 0 Å². The van der Waals surface area contributed by atoms with Gasteiger partial charge in [-0.25, -0.2) is 0 Å². The fraction of sp³-hybridized carbons (Fsp3) is 0.500. The van der Waals surface area contributed by atoms with Crippen LogP contribution < -0.4 is 4.90 Å². The molecule has 1 saturated heterocycles. The SMILES string of the molecule is COC1CN(c2cc(Cl)ccc2C#N)CCC1C. The molecule has 0 amide bonds. The van der Waals surface area contributed by atoms with Gasteiger partial charge in [0.1, 0.15) is 6.07 Å². The number of piperidine rings is 1. The van der Waals surface area contributed by atoms with E-state index in [0.717, 1.165) is 25.2 Å². The minimum Gasteiger partial charge on any atom is -0.379 e. The average molecular weight is 265 g/mol. The van der Waals surface area contributed by atoms with Crippen LogP contribution in [0.3, 0.4) is 0 Å². The lowest BCUT2D eigenvalue weighted by Crippen LogP contribution is -2.44. The third-order valence-electron chi connectivity index (χ3n) is 3.61. The van der Waals surface area contributed by atoms with Crippen molar-refractivity contribution in [2.24, 2.45) is 5.92 Å². The Bertz CT molecular complexity index is 469. The summed E-state index contributed by atoms with van der Waals surface area (Å²) in [5, 5.41) is 9.83. The molecule has 0 saturated carbocycles. The van der Waals surface area contributed by atoms with E-state index in [0.29, 0.717) is 16.5 Å². The maximum atomic E-state index is 9.16. The number of nitrogens with zero attached hydrogens (tertiary/aromatic N) is 2. The summed E-state index contributed by atoms with van der Waals surface area (Å²) in [6, 6.07) is 7.62. The smallest absolute Gasteiger partial charge is 0.101 e. The molecule has 0 radical (unpaired) electrons. The predicted molar refractivity (Wildman–Crippen MR) is 73.0 cm³/mol. The van der Waals surface area contributed by atoms with Crippen LogP contribution in [0.5, 0.6) is 0 Å². The molecule has 3 nitrogen and oxygen atoms in total. The van der Waals surface area contributed by atoms with Crippen LogP contribution in [0.15, 0.2) is 18.2 Å². The summed E-state index contributed by atoms with van der Waals surface area (Å²) >= 11 is 6.02. The van der Waals surface area contributed by atoms with Gasteiger partial charge in [0.15, 0.2) is 0 Å². The van der Waals surface area contributed by atoms with Gasteiger partial charge in [0, 0.05) is 25.2 Å². The molecule has 0 aromatic heterocycles. The first kappa shape index (κ1) is 13.2. The molecule has 0 N–H and O–H groups in total. The van der Waals surface area contributed by atoms with Crippen LogP contribution in [0, 0.1) is 17.2 Å². The second-order valence-corrected chi connectivity index (χ2v) is 5.20. The van der Waals surface area contributed by atoms with E-state index in [-0.39, 0.29) is 6.10 Å². The lowest BCUT2D eigenvalue weighted by Gasteiger charge is -2.38. The third-order valence-corrected chi connectivity index (χ3v) is 3.85. The van der Waals surface area contributed by atoms with Gasteiger partial charge in [-0.05, 0) is 30.5 Å². The summed E-state index contributed by atoms with van der Waals surface area (Å²) < 4.78 is 5.50. The lowest BCUT2D eigenvalue weighted by atomic mass is 9.95. The van der Waals surface area contributed by atoms with Crippen LogP contribution in [0.25, 0.3) is 0 Å². The summed E-state index contributed by atoms with van der Waals surface area (Å²) in [7, 11) is 1.74. The predicted octanol–water partition coefficient (Wildman–Crippen LogP) is 3.07. The summed E-state index contributed by atoms with van der Waals surface area (Å²) in [5.41, 5.74) is 1.59. The number of anilines is 1. The van der Waals surface area contributed by atoms with E-state index in [1.807, 2.05) is 6.07 Å². The molecule has 1 aromatic carbocycles. The van der Waals surface area contributed by atoms with Gasteiger partial charge in [-0.3, -0.25) is 0 Å². The van der Waals surface area contributed by atoms with E-state index >= 15 is 0 Å². The maximum Gasteiger partial charge on any atom is 0.101 e. The molecule has 1 heterocycles. The molecule has 2 rings (SSSR count). The Morgan fingerprint density at radius 1 is 1.50 bits per heavy atom. The molecule has 0 spiro atoms. The topological polar surface area (TPSA) is 36.3 Å². The van der Waals surface area contributed by atoms with E-state index in [1.54, 1.807) is 19.2 Å². The Kier molecular flexibility index (Phi) is 4.11. The molecule has 1 fully saturated rings. The number of methoxy groups -OCH3 is 1. The molecule has 2 atom stereocenters. The first-order chi connectivity index (χ1) is 8.65. The molecule has 1 aliphatic rings. The van der Waals surface area contributed by atoms with Gasteiger partial charge in [-0.2, -0.15) is 5.26 Å². The van der Waals surface area contributed by atoms with Crippen molar-refractivity contribution in [3.63, 3.8) is 0 Å². The Morgan fingerprint density at radius 3 is 2.94 bits per heavy atom. The van der Waals surface area contributed by atoms with Gasteiger partial charge < -0.3 is 9.64 Å². The van der Waals surface area contributed by atoms with Gasteiger partial charge in [-0.1, -0.05) is 18.5 Å². The largest absolute Gasteiger partial charge is 0.379 e. The third kappa shape index (κ3) is 2.60. The van der Waals surface area contributed by atoms with Crippen molar-refractivity contribution in [2.75, 3.05) is 25.1 Å². The van der Waals surface area contributed by atoms with Crippen molar-refractivity contribution in [1.29, 1.82) is 5.26 Å². The monoisotopic (exact) mass is 264 g/mol. The van der Waals surface area contributed by atoms with Crippen LogP contribution in [0.1, 0.15) is 18.9 Å². The van der Waals surface area contributed by atoms with E-state index in [4.69, 9.17) is 21.6 Å². The van der Waals surface area contributed by atoms with Crippen LogP contribution >= 0.6 is 11.6 Å². The van der Waals surface area contributed by atoms with Crippen LogP contribution in [0.2, 0.25) is 5.02 Å². The van der Waals surface area contributed by atoms with Crippen LogP contribution in [0.4, 0.5) is 5.69 Å². The van der Waals surface area contributed by atoms with Crippen molar-refractivity contribution >= 4 is 17.3 Å². The summed E-state index contributed by atoms with van der Waals surface area (Å²) in [6.45, 7) is 3.96. The molecule has 18 heavy (non-hydrogen) atoms. The Morgan fingerprint density at radius 2 is 2.28 bits per heavy atom.